The second-order valence-electron chi connectivity index (χ2n) is 5.68. The summed E-state index contributed by atoms with van der Waals surface area (Å²) in [5.41, 5.74) is 2.44. The third-order valence-corrected chi connectivity index (χ3v) is 5.10. The maximum Gasteiger partial charge on any atom is 0.242 e. The number of thioether (sulfide) groups is 1. The first-order valence-corrected chi connectivity index (χ1v) is 9.06. The van der Waals surface area contributed by atoms with E-state index in [0.29, 0.717) is 5.16 Å². The van der Waals surface area contributed by atoms with E-state index in [1.807, 2.05) is 89.5 Å². The van der Waals surface area contributed by atoms with E-state index < -0.39 is 5.25 Å². The molecule has 5 nitrogen and oxygen atoms in total. The zero-order valence-electron chi connectivity index (χ0n) is 13.8. The summed E-state index contributed by atoms with van der Waals surface area (Å²) in [4.78, 5) is 13.0. The number of amides is 1. The predicted molar refractivity (Wildman–Crippen MR) is 103 cm³/mol. The van der Waals surface area contributed by atoms with Gasteiger partial charge in [0.25, 0.3) is 0 Å². The zero-order valence-corrected chi connectivity index (χ0v) is 14.6. The van der Waals surface area contributed by atoms with Gasteiger partial charge in [0.05, 0.1) is 0 Å². The molecule has 4 aromatic rings. The van der Waals surface area contributed by atoms with Crippen molar-refractivity contribution < 1.29 is 4.79 Å². The Bertz CT molecular complexity index is 1020. The summed E-state index contributed by atoms with van der Waals surface area (Å²) in [7, 11) is 0. The van der Waals surface area contributed by atoms with Crippen LogP contribution in [0.2, 0.25) is 0 Å². The minimum atomic E-state index is -0.441. The van der Waals surface area contributed by atoms with Crippen molar-refractivity contribution in [3.8, 4) is 0 Å². The Balaban J connectivity index is 1.66. The largest absolute Gasteiger partial charge is 0.325 e. The van der Waals surface area contributed by atoms with Crippen LogP contribution in [0.5, 0.6) is 0 Å². The molecule has 0 aliphatic heterocycles. The fourth-order valence-electron chi connectivity index (χ4n) is 2.64. The smallest absolute Gasteiger partial charge is 0.242 e. The van der Waals surface area contributed by atoms with E-state index in [2.05, 4.69) is 15.5 Å². The van der Waals surface area contributed by atoms with Crippen LogP contribution in [0.1, 0.15) is 10.8 Å². The van der Waals surface area contributed by atoms with E-state index in [1.165, 1.54) is 11.8 Å². The quantitative estimate of drug-likeness (QED) is 0.542. The molecule has 0 bridgehead atoms. The summed E-state index contributed by atoms with van der Waals surface area (Å²) >= 11 is 1.38. The third kappa shape index (κ3) is 3.45. The molecule has 0 radical (unpaired) electrons. The van der Waals surface area contributed by atoms with Crippen molar-refractivity contribution in [1.29, 1.82) is 0 Å². The Hall–Kier alpha value is -3.12. The number of pyridine rings is 1. The van der Waals surface area contributed by atoms with Crippen molar-refractivity contribution in [2.24, 2.45) is 0 Å². The molecular weight excluding hydrogens is 344 g/mol. The minimum Gasteiger partial charge on any atom is -0.325 e. The molecule has 0 spiro atoms. The first-order valence-electron chi connectivity index (χ1n) is 8.18. The fraction of sp³-hybridized carbons (Fsp3) is 0.0500. The van der Waals surface area contributed by atoms with Crippen LogP contribution < -0.4 is 5.32 Å². The highest BCUT2D eigenvalue weighted by Crippen LogP contribution is 2.35. The van der Waals surface area contributed by atoms with Crippen LogP contribution in [-0.2, 0) is 4.79 Å². The van der Waals surface area contributed by atoms with Gasteiger partial charge in [-0.1, -0.05) is 66.4 Å². The number of aromatic nitrogens is 3. The molecule has 0 saturated carbocycles. The topological polar surface area (TPSA) is 59.3 Å². The monoisotopic (exact) mass is 360 g/mol. The van der Waals surface area contributed by atoms with Crippen molar-refractivity contribution in [3.63, 3.8) is 0 Å². The molecule has 26 heavy (non-hydrogen) atoms. The summed E-state index contributed by atoms with van der Waals surface area (Å²) < 4.78 is 1.89. The van der Waals surface area contributed by atoms with Crippen molar-refractivity contribution in [3.05, 3.63) is 90.6 Å². The Morgan fingerprint density at radius 1 is 0.885 bits per heavy atom. The summed E-state index contributed by atoms with van der Waals surface area (Å²) in [6, 6.07) is 24.9. The van der Waals surface area contributed by atoms with Crippen molar-refractivity contribution in [1.82, 2.24) is 14.6 Å². The summed E-state index contributed by atoms with van der Waals surface area (Å²) in [5.74, 6) is -0.0971. The molecule has 2 heterocycles. The lowest BCUT2D eigenvalue weighted by Gasteiger charge is -2.16. The van der Waals surface area contributed by atoms with Crippen LogP contribution in [0, 0.1) is 0 Å². The Kier molecular flexibility index (Phi) is 4.66. The molecule has 2 aromatic heterocycles. The molecule has 0 aliphatic carbocycles. The summed E-state index contributed by atoms with van der Waals surface area (Å²) in [6.07, 6.45) is 1.90. The van der Waals surface area contributed by atoms with E-state index in [-0.39, 0.29) is 5.91 Å². The lowest BCUT2D eigenvalue weighted by molar-refractivity contribution is -0.115. The maximum absolute atomic E-state index is 13.0. The maximum atomic E-state index is 13.0. The van der Waals surface area contributed by atoms with Gasteiger partial charge in [-0.2, -0.15) is 0 Å². The second-order valence-corrected chi connectivity index (χ2v) is 6.75. The van der Waals surface area contributed by atoms with Gasteiger partial charge in [0.1, 0.15) is 5.25 Å². The number of anilines is 1. The average Bonchev–Trinajstić information content (AvgIpc) is 3.10. The van der Waals surface area contributed by atoms with E-state index in [4.69, 9.17) is 0 Å². The SMILES string of the molecule is O=C(Nc1ccccc1)C(Sc1nnc2ccccn12)c1ccccc1. The predicted octanol–water partition coefficient (Wildman–Crippen LogP) is 4.20. The molecule has 6 heteroatoms. The molecule has 2 aromatic carbocycles. The van der Waals surface area contributed by atoms with Crippen LogP contribution >= 0.6 is 11.8 Å². The van der Waals surface area contributed by atoms with Gasteiger partial charge in [-0.15, -0.1) is 10.2 Å². The molecule has 0 aliphatic rings. The number of fused-ring (bicyclic) bond motifs is 1. The molecule has 0 saturated heterocycles. The number of benzene rings is 2. The molecule has 1 unspecified atom stereocenters. The highest BCUT2D eigenvalue weighted by molar-refractivity contribution is 8.00. The Morgan fingerprint density at radius 2 is 1.58 bits per heavy atom. The molecule has 1 N–H and O–H groups in total. The lowest BCUT2D eigenvalue weighted by Crippen LogP contribution is -2.19. The Morgan fingerprint density at radius 3 is 2.35 bits per heavy atom. The normalized spacial score (nSPS) is 12.0. The number of rotatable bonds is 5. The number of carbonyl (C=O) groups excluding carboxylic acids is 1. The molecule has 4 rings (SSSR count). The van der Waals surface area contributed by atoms with Gasteiger partial charge in [0.15, 0.2) is 10.8 Å². The standard InChI is InChI=1S/C20H16N4OS/c25-19(21-16-11-5-2-6-12-16)18(15-9-3-1-4-10-15)26-20-23-22-17-13-7-8-14-24(17)20/h1-14,18H,(H,21,25). The van der Waals surface area contributed by atoms with Gasteiger partial charge in [-0.3, -0.25) is 9.20 Å². The van der Waals surface area contributed by atoms with Gasteiger partial charge in [-0.05, 0) is 29.8 Å². The van der Waals surface area contributed by atoms with Gasteiger partial charge in [-0.25, -0.2) is 0 Å². The molecule has 128 valence electrons. The molecule has 1 atom stereocenters. The number of para-hydroxylation sites is 1. The summed E-state index contributed by atoms with van der Waals surface area (Å²) in [6.45, 7) is 0. The first kappa shape index (κ1) is 16.4. The molecule has 0 fully saturated rings. The van der Waals surface area contributed by atoms with E-state index in [0.717, 1.165) is 16.9 Å². The van der Waals surface area contributed by atoms with Crippen molar-refractivity contribution in [2.45, 2.75) is 10.4 Å². The second kappa shape index (κ2) is 7.41. The number of hydrogen-bond donors (Lipinski definition) is 1. The highest BCUT2D eigenvalue weighted by Gasteiger charge is 2.24. The van der Waals surface area contributed by atoms with Crippen molar-refractivity contribution >= 4 is 29.0 Å². The van der Waals surface area contributed by atoms with Crippen LogP contribution in [0.3, 0.4) is 0 Å². The highest BCUT2D eigenvalue weighted by atomic mass is 32.2. The molecule has 1 amide bonds. The summed E-state index contributed by atoms with van der Waals surface area (Å²) in [5, 5.41) is 11.6. The lowest BCUT2D eigenvalue weighted by atomic mass is 10.1. The van der Waals surface area contributed by atoms with Gasteiger partial charge >= 0.3 is 0 Å². The van der Waals surface area contributed by atoms with Gasteiger partial charge in [0, 0.05) is 11.9 Å². The first-order chi connectivity index (χ1) is 12.8. The van der Waals surface area contributed by atoms with Crippen LogP contribution in [-0.4, -0.2) is 20.5 Å². The van der Waals surface area contributed by atoms with E-state index >= 15 is 0 Å². The fourth-order valence-corrected chi connectivity index (χ4v) is 3.66. The third-order valence-electron chi connectivity index (χ3n) is 3.89. The number of nitrogens with one attached hydrogen (secondary N) is 1. The Labute approximate surface area is 155 Å². The van der Waals surface area contributed by atoms with Crippen LogP contribution in [0.4, 0.5) is 5.69 Å². The van der Waals surface area contributed by atoms with E-state index in [9.17, 15) is 4.79 Å². The number of carbonyl (C=O) groups is 1. The van der Waals surface area contributed by atoms with Gasteiger partial charge < -0.3 is 5.32 Å². The number of hydrogen-bond acceptors (Lipinski definition) is 4. The zero-order chi connectivity index (χ0) is 17.8. The number of nitrogens with zero attached hydrogens (tertiary/aromatic N) is 3. The van der Waals surface area contributed by atoms with Crippen molar-refractivity contribution in [2.75, 3.05) is 5.32 Å². The van der Waals surface area contributed by atoms with E-state index in [1.54, 1.807) is 0 Å². The van der Waals surface area contributed by atoms with Crippen LogP contribution in [0.15, 0.2) is 90.2 Å². The average molecular weight is 360 g/mol. The van der Waals surface area contributed by atoms with Gasteiger partial charge in [0.2, 0.25) is 5.91 Å². The molecular formula is C20H16N4OS. The minimum absolute atomic E-state index is 0.0971. The van der Waals surface area contributed by atoms with Crippen LogP contribution in [0.25, 0.3) is 5.65 Å².